The molecule has 0 aromatic heterocycles. The summed E-state index contributed by atoms with van der Waals surface area (Å²) in [5.41, 5.74) is 2.23. The Labute approximate surface area is 264 Å². The van der Waals surface area contributed by atoms with E-state index < -0.39 is 35.5 Å². The first kappa shape index (κ1) is 28.0. The van der Waals surface area contributed by atoms with Crippen LogP contribution in [-0.2, 0) is 19.2 Å². The number of phenolic OH excluding ortho intramolecular Hbond substituents is 1. The van der Waals surface area contributed by atoms with E-state index in [4.69, 9.17) is 4.74 Å². The number of imide groups is 2. The summed E-state index contributed by atoms with van der Waals surface area (Å²) >= 11 is 6.81. The van der Waals surface area contributed by atoms with Crippen molar-refractivity contribution >= 4 is 66.9 Å². The van der Waals surface area contributed by atoms with Crippen LogP contribution in [0, 0.1) is 29.6 Å². The molecule has 2 heterocycles. The third-order valence-electron chi connectivity index (χ3n) is 9.39. The summed E-state index contributed by atoms with van der Waals surface area (Å²) in [5, 5.41) is 11.1. The molecule has 2 aliphatic carbocycles. The summed E-state index contributed by atoms with van der Waals surface area (Å²) in [7, 11) is 1.52. The molecule has 0 bridgehead atoms. The number of allylic oxidation sites excluding steroid dienone is 2. The van der Waals surface area contributed by atoms with Gasteiger partial charge in [-0.25, -0.2) is 0 Å². The van der Waals surface area contributed by atoms with Crippen LogP contribution in [-0.4, -0.2) is 35.8 Å². The predicted molar refractivity (Wildman–Crippen MR) is 165 cm³/mol. The fourth-order valence-corrected chi connectivity index (χ4v) is 8.06. The van der Waals surface area contributed by atoms with Gasteiger partial charge in [0.1, 0.15) is 11.5 Å². The summed E-state index contributed by atoms with van der Waals surface area (Å²) in [6.45, 7) is 0. The van der Waals surface area contributed by atoms with Crippen LogP contribution < -0.4 is 14.5 Å². The lowest BCUT2D eigenvalue weighted by Gasteiger charge is -2.44. The molecule has 2 aliphatic heterocycles. The third kappa shape index (κ3) is 4.29. The maximum Gasteiger partial charge on any atom is 0.238 e. The molecule has 3 aromatic carbocycles. The number of carbonyl (C=O) groups excluding carboxylic acids is 4. The van der Waals surface area contributed by atoms with Gasteiger partial charge in [-0.15, -0.1) is 0 Å². The molecule has 218 valence electrons. The molecule has 4 aliphatic rings. The van der Waals surface area contributed by atoms with Gasteiger partial charge < -0.3 is 9.84 Å². The summed E-state index contributed by atoms with van der Waals surface area (Å²) in [6.07, 6.45) is 2.54. The summed E-state index contributed by atoms with van der Waals surface area (Å²) in [6, 6.07) is 18.9. The van der Waals surface area contributed by atoms with Crippen molar-refractivity contribution in [1.82, 2.24) is 0 Å². The number of rotatable bonds is 4. The molecule has 0 spiro atoms. The number of aromatic hydroxyl groups is 1. The second kappa shape index (κ2) is 10.4. The second-order valence-electron chi connectivity index (χ2n) is 11.4. The topological polar surface area (TPSA) is 104 Å². The van der Waals surface area contributed by atoms with Crippen molar-refractivity contribution in [2.24, 2.45) is 29.6 Å². The molecule has 6 atom stereocenters. The largest absolute Gasteiger partial charge is 0.508 e. The fourth-order valence-electron chi connectivity index (χ4n) is 7.53. The van der Waals surface area contributed by atoms with Gasteiger partial charge in [0.25, 0.3) is 0 Å². The molecule has 0 unspecified atom stereocenters. The van der Waals surface area contributed by atoms with Gasteiger partial charge in [0.2, 0.25) is 23.6 Å². The standard InChI is InChI=1S/C33H26Br2N2O6/c1-43-20-10-13-26(38)24(14-20)27-21-11-12-22-28(32(41)36(30(22)39)18-6-2-16(34)3-7-18)23(21)15-25-29(27)33(42)37(31(25)40)19-8-4-17(35)5-9-19/h2-11,13-14,22-23,25,27-29,38H,12,15H2,1H3/t22-,23+,25+,27+,28-,29+/m0/s1. The molecule has 10 heteroatoms. The SMILES string of the molecule is COc1ccc(O)c([C@H]2C3=CC[C@@H]4C(=O)N(c5ccc(Br)cc5)C(=O)[C@@H]4[C@@H]3C[C@H]3C(=O)N(c4ccc(Br)cc4)C(=O)[C@@H]23)c1. The smallest absolute Gasteiger partial charge is 0.238 e. The van der Waals surface area contributed by atoms with Crippen molar-refractivity contribution < 1.29 is 29.0 Å². The van der Waals surface area contributed by atoms with Gasteiger partial charge in [-0.2, -0.15) is 0 Å². The van der Waals surface area contributed by atoms with Crippen LogP contribution in [0.2, 0.25) is 0 Å². The number of methoxy groups -OCH3 is 1. The number of fused-ring (bicyclic) bond motifs is 4. The highest BCUT2D eigenvalue weighted by Crippen LogP contribution is 2.59. The van der Waals surface area contributed by atoms with Crippen LogP contribution in [0.15, 0.2) is 87.3 Å². The first-order chi connectivity index (χ1) is 20.7. The number of phenols is 1. The summed E-state index contributed by atoms with van der Waals surface area (Å²) in [5.74, 6) is -4.72. The zero-order valence-electron chi connectivity index (χ0n) is 22.9. The van der Waals surface area contributed by atoms with E-state index in [2.05, 4.69) is 31.9 Å². The van der Waals surface area contributed by atoms with Crippen molar-refractivity contribution in [3.05, 3.63) is 92.9 Å². The summed E-state index contributed by atoms with van der Waals surface area (Å²) < 4.78 is 7.11. The summed E-state index contributed by atoms with van der Waals surface area (Å²) in [4.78, 5) is 58.5. The molecule has 4 amide bonds. The average molecular weight is 706 g/mol. The minimum absolute atomic E-state index is 0.0270. The molecule has 0 radical (unpaired) electrons. The minimum Gasteiger partial charge on any atom is -0.508 e. The molecule has 43 heavy (non-hydrogen) atoms. The monoisotopic (exact) mass is 704 g/mol. The van der Waals surface area contributed by atoms with E-state index in [0.29, 0.717) is 29.1 Å². The number of anilines is 2. The lowest BCUT2D eigenvalue weighted by molar-refractivity contribution is -0.126. The molecular weight excluding hydrogens is 680 g/mol. The Bertz CT molecular complexity index is 1720. The van der Waals surface area contributed by atoms with Crippen LogP contribution in [0.3, 0.4) is 0 Å². The van der Waals surface area contributed by atoms with E-state index in [9.17, 15) is 24.3 Å². The van der Waals surface area contributed by atoms with Crippen molar-refractivity contribution in [3.63, 3.8) is 0 Å². The fraction of sp³-hybridized carbons (Fsp3) is 0.273. The zero-order valence-corrected chi connectivity index (χ0v) is 26.1. The molecule has 3 aromatic rings. The third-order valence-corrected chi connectivity index (χ3v) is 10.4. The zero-order chi connectivity index (χ0) is 30.2. The van der Waals surface area contributed by atoms with E-state index in [-0.39, 0.29) is 35.8 Å². The highest BCUT2D eigenvalue weighted by molar-refractivity contribution is 9.10. The highest BCUT2D eigenvalue weighted by atomic mass is 79.9. The number of nitrogens with zero attached hydrogens (tertiary/aromatic N) is 2. The Kier molecular flexibility index (Phi) is 6.81. The first-order valence-electron chi connectivity index (χ1n) is 14.0. The first-order valence-corrected chi connectivity index (χ1v) is 15.6. The number of amides is 4. The lowest BCUT2D eigenvalue weighted by atomic mass is 9.57. The number of carbonyl (C=O) groups is 4. The van der Waals surface area contributed by atoms with Gasteiger partial charge in [-0.05, 0) is 85.5 Å². The van der Waals surface area contributed by atoms with Gasteiger partial charge >= 0.3 is 0 Å². The minimum atomic E-state index is -0.789. The Balaban J connectivity index is 1.35. The molecular formula is C33H26Br2N2O6. The maximum absolute atomic E-state index is 14.2. The average Bonchev–Trinajstić information content (AvgIpc) is 3.41. The van der Waals surface area contributed by atoms with Gasteiger partial charge in [0, 0.05) is 20.4 Å². The number of halogens is 2. The normalized spacial score (nSPS) is 28.0. The molecule has 2 saturated heterocycles. The van der Waals surface area contributed by atoms with E-state index >= 15 is 0 Å². The van der Waals surface area contributed by atoms with Crippen molar-refractivity contribution in [2.75, 3.05) is 16.9 Å². The van der Waals surface area contributed by atoms with Crippen molar-refractivity contribution in [3.8, 4) is 11.5 Å². The Hall–Kier alpha value is -3.76. The van der Waals surface area contributed by atoms with Gasteiger partial charge in [-0.1, -0.05) is 43.5 Å². The molecule has 1 N–H and O–H groups in total. The van der Waals surface area contributed by atoms with E-state index in [1.165, 1.54) is 23.0 Å². The number of benzene rings is 3. The van der Waals surface area contributed by atoms with Crippen LogP contribution in [0.4, 0.5) is 11.4 Å². The van der Waals surface area contributed by atoms with Gasteiger partial charge in [0.05, 0.1) is 42.2 Å². The highest BCUT2D eigenvalue weighted by Gasteiger charge is 2.62. The second-order valence-corrected chi connectivity index (χ2v) is 13.3. The van der Waals surface area contributed by atoms with E-state index in [0.717, 1.165) is 14.5 Å². The van der Waals surface area contributed by atoms with E-state index in [1.54, 1.807) is 60.7 Å². The van der Waals surface area contributed by atoms with Gasteiger partial charge in [-0.3, -0.25) is 29.0 Å². The quantitative estimate of drug-likeness (QED) is 0.265. The van der Waals surface area contributed by atoms with Crippen LogP contribution in [0.5, 0.6) is 11.5 Å². The Morgan fingerprint density at radius 1 is 0.721 bits per heavy atom. The molecule has 3 fully saturated rings. The van der Waals surface area contributed by atoms with Gasteiger partial charge in [0.15, 0.2) is 0 Å². The number of hydrogen-bond acceptors (Lipinski definition) is 6. The number of hydrogen-bond donors (Lipinski definition) is 1. The van der Waals surface area contributed by atoms with Crippen molar-refractivity contribution in [1.29, 1.82) is 0 Å². The van der Waals surface area contributed by atoms with Crippen LogP contribution in [0.25, 0.3) is 0 Å². The molecule has 1 saturated carbocycles. The predicted octanol–water partition coefficient (Wildman–Crippen LogP) is 5.97. The Morgan fingerprint density at radius 3 is 1.86 bits per heavy atom. The molecule has 7 rings (SSSR count). The van der Waals surface area contributed by atoms with Crippen LogP contribution in [0.1, 0.15) is 24.3 Å². The lowest BCUT2D eigenvalue weighted by Crippen LogP contribution is -2.43. The van der Waals surface area contributed by atoms with E-state index in [1.807, 2.05) is 6.08 Å². The maximum atomic E-state index is 14.2. The molecule has 8 nitrogen and oxygen atoms in total. The van der Waals surface area contributed by atoms with Crippen molar-refractivity contribution in [2.45, 2.75) is 18.8 Å². The Morgan fingerprint density at radius 2 is 1.28 bits per heavy atom. The van der Waals surface area contributed by atoms with Crippen LogP contribution >= 0.6 is 31.9 Å². The number of ether oxygens (including phenoxy) is 1.